The fraction of sp³-hybridized carbons (Fsp3) is 0.385. The average molecular weight is 1040 g/mol. The van der Waals surface area contributed by atoms with Crippen molar-refractivity contribution >= 4 is 55.9 Å². The van der Waals surface area contributed by atoms with Gasteiger partial charge in [-0.05, 0) is 56.5 Å². The minimum Gasteiger partial charge on any atom is -0.405 e. The lowest BCUT2D eigenvalue weighted by Crippen LogP contribution is -2.68. The van der Waals surface area contributed by atoms with Crippen LogP contribution in [-0.4, -0.2) is 78.3 Å². The second-order valence-corrected chi connectivity index (χ2v) is 31.7. The first-order valence-corrected chi connectivity index (χ1v) is 30.2. The van der Waals surface area contributed by atoms with E-state index in [1.807, 2.05) is 72.8 Å². The summed E-state index contributed by atoms with van der Waals surface area (Å²) in [6.45, 7) is 11.6. The Morgan fingerprint density at radius 1 is 0.606 bits per heavy atom. The van der Waals surface area contributed by atoms with Crippen molar-refractivity contribution < 1.29 is 32.3 Å². The molecule has 4 heterocycles. The molecule has 0 saturated carbocycles. The summed E-state index contributed by atoms with van der Waals surface area (Å²) in [6.07, 6.45) is -2.16. The number of aromatic amines is 2. The number of hydrogen-bond acceptors (Lipinski definition) is 11. The van der Waals surface area contributed by atoms with Crippen LogP contribution in [0.25, 0.3) is 0 Å². The van der Waals surface area contributed by atoms with Gasteiger partial charge < -0.3 is 32.3 Å². The molecule has 3 N–H and O–H groups in total. The van der Waals surface area contributed by atoms with Crippen LogP contribution in [0.4, 0.5) is 0 Å². The molecule has 19 heteroatoms. The molecule has 71 heavy (non-hydrogen) atoms. The molecule has 0 amide bonds. The van der Waals surface area contributed by atoms with Gasteiger partial charge in [-0.25, -0.2) is 9.59 Å². The Labute approximate surface area is 420 Å². The third kappa shape index (κ3) is 10.8. The van der Waals surface area contributed by atoms with Gasteiger partial charge in [0, 0.05) is 36.4 Å². The molecule has 6 aromatic rings. The summed E-state index contributed by atoms with van der Waals surface area (Å²) in [5, 5.41) is 3.30. The van der Waals surface area contributed by atoms with Gasteiger partial charge in [-0.15, -0.1) is 0 Å². The molecule has 0 spiro atoms. The number of H-pyrrole nitrogens is 2. The summed E-state index contributed by atoms with van der Waals surface area (Å²) in [5.74, 6) is 0. The number of ether oxygens (including phenoxy) is 2. The topological polar surface area (TPSA) is 185 Å². The molecule has 7 atom stereocenters. The van der Waals surface area contributed by atoms with Crippen LogP contribution < -0.4 is 43.2 Å². The number of benzene rings is 4. The molecule has 0 radical (unpaired) electrons. The molecule has 0 aliphatic carbocycles. The lowest BCUT2D eigenvalue weighted by atomic mass is 10.2. The number of rotatable bonds is 16. The van der Waals surface area contributed by atoms with E-state index in [9.17, 15) is 24.1 Å². The fourth-order valence-electron chi connectivity index (χ4n) is 10.1. The molecule has 2 aromatic heterocycles. The average Bonchev–Trinajstić information content (AvgIpc) is 3.93. The van der Waals surface area contributed by atoms with E-state index in [-0.39, 0.29) is 26.1 Å². The molecule has 2 aliphatic rings. The van der Waals surface area contributed by atoms with Crippen LogP contribution in [0, 0.1) is 13.8 Å². The number of nitrogens with one attached hydrogen (secondary N) is 2. The first-order valence-electron chi connectivity index (χ1n) is 23.8. The van der Waals surface area contributed by atoms with Crippen molar-refractivity contribution in [2.45, 2.75) is 115 Å². The summed E-state index contributed by atoms with van der Waals surface area (Å²) < 4.78 is 43.6. The predicted octanol–water partition coefficient (Wildman–Crippen LogP) is 5.42. The van der Waals surface area contributed by atoms with Gasteiger partial charge in [-0.3, -0.25) is 28.7 Å². The lowest BCUT2D eigenvalue weighted by molar-refractivity contribution is -0.0503. The molecule has 0 bridgehead atoms. The van der Waals surface area contributed by atoms with Crippen molar-refractivity contribution in [2.75, 3.05) is 13.2 Å². The fourth-order valence-corrected chi connectivity index (χ4v) is 20.9. The summed E-state index contributed by atoms with van der Waals surface area (Å²) in [7, 11) is -6.38. The highest BCUT2D eigenvalue weighted by Gasteiger charge is 2.55. The molecule has 376 valence electrons. The van der Waals surface area contributed by atoms with Crippen molar-refractivity contribution in [1.82, 2.24) is 19.1 Å². The zero-order chi connectivity index (χ0) is 50.9. The van der Waals surface area contributed by atoms with E-state index < -0.39 is 92.8 Å². The SMILES string of the molecule is Cc1cn([C@H]2C[C@H](O[Si](c3ccccc3)(c3ccccc3)C(C)(C)C)[C@@H](COP(O)(=S)O[C@H]3C[C@H](n4cc(C)c(=O)[nH]c4=O)O[C@@H]3CO[Si](c3ccccc3)(c3ccccc3)C(C)(C)C)O2)c(=O)[nH]c1=O. The van der Waals surface area contributed by atoms with Gasteiger partial charge in [0.1, 0.15) is 24.7 Å². The Balaban J connectivity index is 1.13. The maximum Gasteiger partial charge on any atom is 0.330 e. The van der Waals surface area contributed by atoms with Crippen molar-refractivity contribution in [2.24, 2.45) is 0 Å². The first kappa shape index (κ1) is 52.4. The summed E-state index contributed by atoms with van der Waals surface area (Å²) in [4.78, 5) is 68.5. The van der Waals surface area contributed by atoms with Gasteiger partial charge in [-0.2, -0.15) is 0 Å². The van der Waals surface area contributed by atoms with Crippen molar-refractivity contribution in [3.05, 3.63) is 187 Å². The molecule has 2 fully saturated rings. The summed E-state index contributed by atoms with van der Waals surface area (Å²) in [5.41, 5.74) is -1.72. The normalized spacial score (nSPS) is 21.8. The Kier molecular flexibility index (Phi) is 15.4. The van der Waals surface area contributed by atoms with Gasteiger partial charge in [0.15, 0.2) is 0 Å². The van der Waals surface area contributed by atoms with Gasteiger partial charge in [0.25, 0.3) is 27.8 Å². The Hall–Kier alpha value is -4.96. The molecule has 4 aromatic carbocycles. The maximum absolute atomic E-state index is 13.4. The van der Waals surface area contributed by atoms with Crippen LogP contribution in [0.15, 0.2) is 153 Å². The third-order valence-corrected chi connectivity index (χ3v) is 25.2. The Bertz CT molecular complexity index is 3010. The smallest absolute Gasteiger partial charge is 0.330 e. The van der Waals surface area contributed by atoms with E-state index in [2.05, 4.69) is 100 Å². The van der Waals surface area contributed by atoms with E-state index in [1.54, 1.807) is 13.8 Å². The zero-order valence-electron chi connectivity index (χ0n) is 41.3. The number of aromatic nitrogens is 4. The molecule has 8 rings (SSSR count). The highest BCUT2D eigenvalue weighted by molar-refractivity contribution is 8.07. The third-order valence-electron chi connectivity index (χ3n) is 13.6. The zero-order valence-corrected chi connectivity index (χ0v) is 45.0. The molecule has 2 aliphatic heterocycles. The maximum atomic E-state index is 13.4. The molecular formula is C52H63N4O11PSSi2. The van der Waals surface area contributed by atoms with Crippen molar-refractivity contribution in [3.63, 3.8) is 0 Å². The number of aryl methyl sites for hydroxylation is 2. The molecule has 1 unspecified atom stereocenters. The number of hydrogen-bond donors (Lipinski definition) is 3. The van der Waals surface area contributed by atoms with Gasteiger partial charge in [0.2, 0.25) is 0 Å². The Morgan fingerprint density at radius 3 is 1.37 bits per heavy atom. The van der Waals surface area contributed by atoms with Gasteiger partial charge in [-0.1, -0.05) is 163 Å². The van der Waals surface area contributed by atoms with Crippen LogP contribution in [0.2, 0.25) is 10.1 Å². The largest absolute Gasteiger partial charge is 0.405 e. The van der Waals surface area contributed by atoms with E-state index >= 15 is 0 Å². The Morgan fingerprint density at radius 2 is 0.972 bits per heavy atom. The van der Waals surface area contributed by atoms with E-state index in [4.69, 9.17) is 39.2 Å². The predicted molar refractivity (Wildman–Crippen MR) is 283 cm³/mol. The van der Waals surface area contributed by atoms with E-state index in [0.29, 0.717) is 11.1 Å². The molecule has 15 nitrogen and oxygen atoms in total. The number of nitrogens with zero attached hydrogens (tertiary/aromatic N) is 2. The van der Waals surface area contributed by atoms with E-state index in [0.717, 1.165) is 20.7 Å². The minimum atomic E-state index is -4.21. The van der Waals surface area contributed by atoms with Crippen LogP contribution in [0.5, 0.6) is 0 Å². The van der Waals surface area contributed by atoms with Gasteiger partial charge >= 0.3 is 18.1 Å². The van der Waals surface area contributed by atoms with Crippen molar-refractivity contribution in [3.8, 4) is 0 Å². The van der Waals surface area contributed by atoms with Crippen LogP contribution in [-0.2, 0) is 39.2 Å². The standard InChI is InChI=1S/C52H63N4O11PSSi2/c1-35-31-55(49(59)53-47(35)57)45-29-41(44(65-45)34-63-70(51(3,4)5,37-21-13-9-14-22-37)38-23-15-10-16-24-38)66-68(61,69)62-33-43-42(30-46(64-43)56-32-36(2)48(58)54-50(56)60)67-71(52(6,7)8,39-25-17-11-18-26-39)40-27-19-12-20-28-40/h9-28,31-32,41-46H,29-30,33-34H2,1-8H3,(H,61,69)(H,53,57,59)(H,54,58,60)/t41-,42-,43+,44+,45+,46+,68?/m0/s1. The lowest BCUT2D eigenvalue weighted by Gasteiger charge is -2.45. The quantitative estimate of drug-likeness (QED) is 0.0828. The minimum absolute atomic E-state index is 0.0178. The van der Waals surface area contributed by atoms with Crippen molar-refractivity contribution in [1.29, 1.82) is 0 Å². The van der Waals surface area contributed by atoms with Gasteiger partial charge in [0.05, 0.1) is 25.4 Å². The highest BCUT2D eigenvalue weighted by atomic mass is 32.5. The van der Waals surface area contributed by atoms with Crippen LogP contribution in [0.3, 0.4) is 0 Å². The summed E-state index contributed by atoms with van der Waals surface area (Å²) >= 11 is 5.83. The highest BCUT2D eigenvalue weighted by Crippen LogP contribution is 2.50. The van der Waals surface area contributed by atoms with Crippen LogP contribution >= 0.6 is 6.72 Å². The summed E-state index contributed by atoms with van der Waals surface area (Å²) in [6, 6.07) is 40.4. The van der Waals surface area contributed by atoms with E-state index in [1.165, 1.54) is 21.5 Å². The molecular weight excluding hydrogens is 976 g/mol. The monoisotopic (exact) mass is 1040 g/mol. The first-order chi connectivity index (χ1) is 33.6. The molecule has 2 saturated heterocycles. The second kappa shape index (κ2) is 20.9. The second-order valence-electron chi connectivity index (χ2n) is 20.4. The van der Waals surface area contributed by atoms with Crippen LogP contribution in [0.1, 0.15) is 78.0 Å².